The van der Waals surface area contributed by atoms with Crippen molar-refractivity contribution < 1.29 is 4.74 Å². The Hall–Kier alpha value is -0.910. The summed E-state index contributed by atoms with van der Waals surface area (Å²) in [6, 6.07) is 0. The molecule has 1 saturated heterocycles. The minimum absolute atomic E-state index is 0.456. The van der Waals surface area contributed by atoms with Gasteiger partial charge >= 0.3 is 0 Å². The highest BCUT2D eigenvalue weighted by molar-refractivity contribution is 5.25. The summed E-state index contributed by atoms with van der Waals surface area (Å²) in [5.74, 6) is 0.456. The van der Waals surface area contributed by atoms with Gasteiger partial charge in [-0.25, -0.2) is 0 Å². The monoisotopic (exact) mass is 306 g/mol. The SMILES string of the molecule is CCOC[C@@H]1CN(CCN2CCCCC2)Cc2cnn(C)c21. The Morgan fingerprint density at radius 2 is 1.95 bits per heavy atom. The number of piperidine rings is 1. The Morgan fingerprint density at radius 3 is 2.73 bits per heavy atom. The normalized spacial score (nSPS) is 23.6. The van der Waals surface area contributed by atoms with Crippen LogP contribution in [0.15, 0.2) is 6.20 Å². The molecule has 0 aromatic carbocycles. The summed E-state index contributed by atoms with van der Waals surface area (Å²) in [5, 5.41) is 4.47. The van der Waals surface area contributed by atoms with Crippen molar-refractivity contribution in [3.05, 3.63) is 17.5 Å². The Balaban J connectivity index is 1.59. The van der Waals surface area contributed by atoms with Crippen molar-refractivity contribution >= 4 is 0 Å². The van der Waals surface area contributed by atoms with Crippen LogP contribution in [0.4, 0.5) is 0 Å². The second kappa shape index (κ2) is 7.57. The summed E-state index contributed by atoms with van der Waals surface area (Å²) in [4.78, 5) is 5.21. The molecule has 5 nitrogen and oxygen atoms in total. The average Bonchev–Trinajstić information content (AvgIpc) is 2.93. The Morgan fingerprint density at radius 1 is 1.18 bits per heavy atom. The summed E-state index contributed by atoms with van der Waals surface area (Å²) in [7, 11) is 2.06. The quantitative estimate of drug-likeness (QED) is 0.803. The largest absolute Gasteiger partial charge is 0.381 e. The molecule has 0 amide bonds. The van der Waals surface area contributed by atoms with Crippen molar-refractivity contribution in [3.8, 4) is 0 Å². The van der Waals surface area contributed by atoms with Crippen molar-refractivity contribution in [2.45, 2.75) is 38.6 Å². The van der Waals surface area contributed by atoms with E-state index in [1.807, 2.05) is 10.9 Å². The highest BCUT2D eigenvalue weighted by atomic mass is 16.5. The van der Waals surface area contributed by atoms with Gasteiger partial charge in [-0.15, -0.1) is 0 Å². The fraction of sp³-hybridized carbons (Fsp3) is 0.824. The van der Waals surface area contributed by atoms with Crippen LogP contribution in [0, 0.1) is 0 Å². The molecule has 0 N–H and O–H groups in total. The molecule has 0 unspecified atom stereocenters. The zero-order chi connectivity index (χ0) is 15.4. The van der Waals surface area contributed by atoms with E-state index in [2.05, 4.69) is 28.9 Å². The maximum atomic E-state index is 5.72. The van der Waals surface area contributed by atoms with Crippen LogP contribution in [-0.2, 0) is 18.3 Å². The third-order valence-corrected chi connectivity index (χ3v) is 5.03. The number of ether oxygens (including phenoxy) is 1. The number of nitrogens with zero attached hydrogens (tertiary/aromatic N) is 4. The fourth-order valence-corrected chi connectivity index (χ4v) is 3.87. The molecule has 124 valence electrons. The first-order valence-electron chi connectivity index (χ1n) is 8.81. The molecule has 0 aliphatic carbocycles. The maximum absolute atomic E-state index is 5.72. The van der Waals surface area contributed by atoms with E-state index in [9.17, 15) is 0 Å². The van der Waals surface area contributed by atoms with Crippen LogP contribution in [0.25, 0.3) is 0 Å². The molecular formula is C17H30N4O. The van der Waals surface area contributed by atoms with E-state index in [1.165, 1.54) is 50.2 Å². The van der Waals surface area contributed by atoms with E-state index < -0.39 is 0 Å². The average molecular weight is 306 g/mol. The van der Waals surface area contributed by atoms with Crippen LogP contribution >= 0.6 is 0 Å². The lowest BCUT2D eigenvalue weighted by Gasteiger charge is -2.35. The molecule has 3 heterocycles. The van der Waals surface area contributed by atoms with Gasteiger partial charge < -0.3 is 9.64 Å². The van der Waals surface area contributed by atoms with Crippen molar-refractivity contribution in [2.24, 2.45) is 7.05 Å². The fourth-order valence-electron chi connectivity index (χ4n) is 3.87. The molecular weight excluding hydrogens is 276 g/mol. The van der Waals surface area contributed by atoms with Crippen molar-refractivity contribution in [3.63, 3.8) is 0 Å². The standard InChI is InChI=1S/C17H30N4O/c1-3-22-14-16-13-21(10-9-20-7-5-4-6-8-20)12-15-11-18-19(2)17(15)16/h11,16H,3-10,12-14H2,1-2H3/t16-/m0/s1. The van der Waals surface area contributed by atoms with Crippen LogP contribution in [-0.4, -0.2) is 65.5 Å². The predicted molar refractivity (Wildman–Crippen MR) is 88.0 cm³/mol. The Bertz CT molecular complexity index is 467. The Kier molecular flexibility index (Phi) is 5.50. The number of hydrogen-bond acceptors (Lipinski definition) is 4. The van der Waals surface area contributed by atoms with E-state index in [0.29, 0.717) is 5.92 Å². The highest BCUT2D eigenvalue weighted by Crippen LogP contribution is 2.28. The minimum Gasteiger partial charge on any atom is -0.381 e. The second-order valence-electron chi connectivity index (χ2n) is 6.67. The lowest BCUT2D eigenvalue weighted by molar-refractivity contribution is 0.0983. The smallest absolute Gasteiger partial charge is 0.0562 e. The van der Waals surface area contributed by atoms with Crippen LogP contribution in [0.5, 0.6) is 0 Å². The van der Waals surface area contributed by atoms with Gasteiger partial charge in [0, 0.05) is 57.0 Å². The summed E-state index contributed by atoms with van der Waals surface area (Å²) >= 11 is 0. The summed E-state index contributed by atoms with van der Waals surface area (Å²) in [6.07, 6.45) is 6.20. The molecule has 1 fully saturated rings. The summed E-state index contributed by atoms with van der Waals surface area (Å²) in [6.45, 7) is 10.7. The number of aryl methyl sites for hydroxylation is 1. The molecule has 0 radical (unpaired) electrons. The maximum Gasteiger partial charge on any atom is 0.0562 e. The lowest BCUT2D eigenvalue weighted by atomic mass is 9.97. The van der Waals surface area contributed by atoms with Gasteiger partial charge in [-0.1, -0.05) is 6.42 Å². The first kappa shape index (κ1) is 16.0. The summed E-state index contributed by atoms with van der Waals surface area (Å²) in [5.41, 5.74) is 2.76. The predicted octanol–water partition coefficient (Wildman–Crippen LogP) is 1.84. The van der Waals surface area contributed by atoms with Gasteiger partial charge in [0.25, 0.3) is 0 Å². The molecule has 0 spiro atoms. The second-order valence-corrected chi connectivity index (χ2v) is 6.67. The molecule has 22 heavy (non-hydrogen) atoms. The third kappa shape index (κ3) is 3.70. The van der Waals surface area contributed by atoms with E-state index in [0.717, 1.165) is 32.8 Å². The van der Waals surface area contributed by atoms with Gasteiger partial charge in [0.1, 0.15) is 0 Å². The zero-order valence-corrected chi connectivity index (χ0v) is 14.1. The van der Waals surface area contributed by atoms with Gasteiger partial charge in [0.2, 0.25) is 0 Å². The van der Waals surface area contributed by atoms with Gasteiger partial charge in [-0.05, 0) is 32.9 Å². The molecule has 1 atom stereocenters. The Labute approximate surface area is 134 Å². The van der Waals surface area contributed by atoms with E-state index in [-0.39, 0.29) is 0 Å². The van der Waals surface area contributed by atoms with Gasteiger partial charge in [-0.2, -0.15) is 5.10 Å². The van der Waals surface area contributed by atoms with Crippen LogP contribution in [0.2, 0.25) is 0 Å². The highest BCUT2D eigenvalue weighted by Gasteiger charge is 2.28. The minimum atomic E-state index is 0.456. The van der Waals surface area contributed by atoms with Gasteiger partial charge in [0.15, 0.2) is 0 Å². The van der Waals surface area contributed by atoms with E-state index in [1.54, 1.807) is 0 Å². The molecule has 5 heteroatoms. The molecule has 1 aromatic heterocycles. The molecule has 1 aromatic rings. The first-order valence-corrected chi connectivity index (χ1v) is 8.81. The van der Waals surface area contributed by atoms with Crippen molar-refractivity contribution in [2.75, 3.05) is 45.9 Å². The number of likely N-dealkylation sites (tertiary alicyclic amines) is 1. The molecule has 2 aliphatic heterocycles. The van der Waals surface area contributed by atoms with E-state index in [4.69, 9.17) is 4.74 Å². The molecule has 2 aliphatic rings. The number of fused-ring (bicyclic) bond motifs is 1. The van der Waals surface area contributed by atoms with Crippen LogP contribution in [0.1, 0.15) is 43.4 Å². The number of hydrogen-bond donors (Lipinski definition) is 0. The van der Waals surface area contributed by atoms with Crippen molar-refractivity contribution in [1.82, 2.24) is 19.6 Å². The number of rotatable bonds is 6. The topological polar surface area (TPSA) is 33.5 Å². The van der Waals surface area contributed by atoms with Crippen molar-refractivity contribution in [1.29, 1.82) is 0 Å². The van der Waals surface area contributed by atoms with E-state index >= 15 is 0 Å². The molecule has 0 bridgehead atoms. The third-order valence-electron chi connectivity index (χ3n) is 5.03. The zero-order valence-electron chi connectivity index (χ0n) is 14.1. The number of aromatic nitrogens is 2. The van der Waals surface area contributed by atoms with Gasteiger partial charge in [-0.3, -0.25) is 9.58 Å². The van der Waals surface area contributed by atoms with Crippen LogP contribution < -0.4 is 0 Å². The first-order chi connectivity index (χ1) is 10.8. The van der Waals surface area contributed by atoms with Gasteiger partial charge in [0.05, 0.1) is 12.8 Å². The lowest BCUT2D eigenvalue weighted by Crippen LogP contribution is -2.42. The molecule has 0 saturated carbocycles. The summed E-state index contributed by atoms with van der Waals surface area (Å²) < 4.78 is 7.76. The molecule has 3 rings (SSSR count). The van der Waals surface area contributed by atoms with Crippen LogP contribution in [0.3, 0.4) is 0 Å².